The Morgan fingerprint density at radius 1 is 1.17 bits per heavy atom. The molecule has 0 saturated heterocycles. The molecule has 0 amide bonds. The summed E-state index contributed by atoms with van der Waals surface area (Å²) >= 11 is 0. The van der Waals surface area contributed by atoms with E-state index in [-0.39, 0.29) is 5.41 Å². The third-order valence-electron chi connectivity index (χ3n) is 2.91. The molecule has 0 bridgehead atoms. The average Bonchev–Trinajstić information content (AvgIpc) is 2.72. The van der Waals surface area contributed by atoms with Crippen molar-refractivity contribution in [3.8, 4) is 5.75 Å². The van der Waals surface area contributed by atoms with Crippen LogP contribution in [0.3, 0.4) is 0 Å². The minimum Gasteiger partial charge on any atom is -0.486 e. The van der Waals surface area contributed by atoms with E-state index in [4.69, 9.17) is 4.74 Å². The van der Waals surface area contributed by atoms with Crippen LogP contribution in [0.5, 0.6) is 5.75 Å². The third kappa shape index (κ3) is 3.13. The van der Waals surface area contributed by atoms with Crippen LogP contribution in [0, 0.1) is 0 Å². The molecule has 0 N–H and O–H groups in total. The number of benzene rings is 1. The highest BCUT2D eigenvalue weighted by molar-refractivity contribution is 5.27. The number of hydrogen-bond donors (Lipinski definition) is 0. The molecule has 1 heterocycles. The van der Waals surface area contributed by atoms with Crippen LogP contribution in [0.25, 0.3) is 0 Å². The van der Waals surface area contributed by atoms with E-state index in [1.54, 1.807) is 10.9 Å². The Balaban J connectivity index is 1.98. The molecule has 0 atom stereocenters. The van der Waals surface area contributed by atoms with Gasteiger partial charge < -0.3 is 4.74 Å². The molecule has 0 aliphatic heterocycles. The number of ether oxygens (including phenoxy) is 1. The quantitative estimate of drug-likeness (QED) is 0.828. The summed E-state index contributed by atoms with van der Waals surface area (Å²) < 4.78 is 7.39. The van der Waals surface area contributed by atoms with Crippen LogP contribution < -0.4 is 4.74 Å². The molecular weight excluding hydrogens is 224 g/mol. The molecule has 1 aromatic carbocycles. The van der Waals surface area contributed by atoms with Crippen LogP contribution in [0.4, 0.5) is 0 Å². The Bertz CT molecular complexity index is 506. The topological polar surface area (TPSA) is 27.1 Å². The van der Waals surface area contributed by atoms with Gasteiger partial charge in [-0.05, 0) is 16.5 Å². The second-order valence-electron chi connectivity index (χ2n) is 5.59. The summed E-state index contributed by atoms with van der Waals surface area (Å²) in [4.78, 5) is 0. The van der Waals surface area contributed by atoms with Crippen LogP contribution >= 0.6 is 0 Å². The fraction of sp³-hybridized carbons (Fsp3) is 0.400. The molecular formula is C15H20N2O. The summed E-state index contributed by atoms with van der Waals surface area (Å²) in [6, 6.07) is 8.58. The van der Waals surface area contributed by atoms with E-state index in [9.17, 15) is 0 Å². The van der Waals surface area contributed by atoms with Gasteiger partial charge in [0, 0.05) is 7.05 Å². The predicted molar refractivity (Wildman–Crippen MR) is 72.7 cm³/mol. The number of hydrogen-bond acceptors (Lipinski definition) is 2. The summed E-state index contributed by atoms with van der Waals surface area (Å²) in [5.41, 5.74) is 2.71. The maximum Gasteiger partial charge on any atom is 0.157 e. The van der Waals surface area contributed by atoms with Crippen molar-refractivity contribution in [3.63, 3.8) is 0 Å². The predicted octanol–water partition coefficient (Wildman–Crippen LogP) is 3.30. The first-order chi connectivity index (χ1) is 8.45. The summed E-state index contributed by atoms with van der Waals surface area (Å²) in [5.74, 6) is 0.803. The highest BCUT2D eigenvalue weighted by Crippen LogP contribution is 2.22. The highest BCUT2D eigenvalue weighted by atomic mass is 16.5. The summed E-state index contributed by atoms with van der Waals surface area (Å²) in [5, 5.41) is 4.07. The average molecular weight is 244 g/mol. The van der Waals surface area contributed by atoms with Crippen molar-refractivity contribution in [2.45, 2.75) is 32.8 Å². The van der Waals surface area contributed by atoms with Gasteiger partial charge >= 0.3 is 0 Å². The summed E-state index contributed by atoms with van der Waals surface area (Å²) in [7, 11) is 1.88. The molecule has 96 valence electrons. The van der Waals surface area contributed by atoms with E-state index < -0.39 is 0 Å². The SMILES string of the molecule is Cn1cc(OCc2ccc(C(C)(C)C)cc2)cn1. The largest absolute Gasteiger partial charge is 0.486 e. The van der Waals surface area contributed by atoms with Crippen molar-refractivity contribution in [2.24, 2.45) is 7.05 Å². The summed E-state index contributed by atoms with van der Waals surface area (Å²) in [6.07, 6.45) is 3.59. The lowest BCUT2D eigenvalue weighted by molar-refractivity contribution is 0.306. The lowest BCUT2D eigenvalue weighted by Crippen LogP contribution is -2.10. The van der Waals surface area contributed by atoms with E-state index in [0.717, 1.165) is 5.75 Å². The van der Waals surface area contributed by atoms with E-state index in [0.29, 0.717) is 6.61 Å². The van der Waals surface area contributed by atoms with E-state index >= 15 is 0 Å². The molecule has 0 aliphatic carbocycles. The van der Waals surface area contributed by atoms with Gasteiger partial charge in [0.15, 0.2) is 5.75 Å². The summed E-state index contributed by atoms with van der Waals surface area (Å²) in [6.45, 7) is 7.23. The van der Waals surface area contributed by atoms with Gasteiger partial charge in [0.05, 0.1) is 12.4 Å². The smallest absolute Gasteiger partial charge is 0.157 e. The molecule has 1 aromatic heterocycles. The lowest BCUT2D eigenvalue weighted by Gasteiger charge is -2.19. The maximum absolute atomic E-state index is 5.66. The van der Waals surface area contributed by atoms with Crippen molar-refractivity contribution in [1.82, 2.24) is 9.78 Å². The first-order valence-electron chi connectivity index (χ1n) is 6.16. The molecule has 3 nitrogen and oxygen atoms in total. The van der Waals surface area contributed by atoms with Crippen LogP contribution in [0.2, 0.25) is 0 Å². The Morgan fingerprint density at radius 3 is 2.33 bits per heavy atom. The Morgan fingerprint density at radius 2 is 1.83 bits per heavy atom. The Labute approximate surface area is 108 Å². The van der Waals surface area contributed by atoms with Crippen LogP contribution in [0.15, 0.2) is 36.7 Å². The molecule has 0 aliphatic rings. The third-order valence-corrected chi connectivity index (χ3v) is 2.91. The van der Waals surface area contributed by atoms with Crippen molar-refractivity contribution < 1.29 is 4.74 Å². The fourth-order valence-corrected chi connectivity index (χ4v) is 1.74. The molecule has 0 radical (unpaired) electrons. The van der Waals surface area contributed by atoms with Crippen molar-refractivity contribution in [2.75, 3.05) is 0 Å². The number of aromatic nitrogens is 2. The van der Waals surface area contributed by atoms with Gasteiger partial charge in [-0.1, -0.05) is 45.0 Å². The zero-order chi connectivity index (χ0) is 13.2. The minimum absolute atomic E-state index is 0.197. The van der Waals surface area contributed by atoms with Gasteiger partial charge in [-0.2, -0.15) is 5.10 Å². The van der Waals surface area contributed by atoms with Gasteiger partial charge in [0.2, 0.25) is 0 Å². The van der Waals surface area contributed by atoms with E-state index in [2.05, 4.69) is 50.1 Å². The molecule has 18 heavy (non-hydrogen) atoms. The molecule has 2 rings (SSSR count). The number of aryl methyl sites for hydroxylation is 1. The number of rotatable bonds is 3. The van der Waals surface area contributed by atoms with Crippen molar-refractivity contribution in [1.29, 1.82) is 0 Å². The lowest BCUT2D eigenvalue weighted by atomic mass is 9.87. The molecule has 0 spiro atoms. The van der Waals surface area contributed by atoms with Crippen LogP contribution in [-0.4, -0.2) is 9.78 Å². The second kappa shape index (κ2) is 4.84. The van der Waals surface area contributed by atoms with Crippen molar-refractivity contribution >= 4 is 0 Å². The maximum atomic E-state index is 5.66. The normalized spacial score (nSPS) is 11.6. The number of nitrogens with zero attached hydrogens (tertiary/aromatic N) is 2. The molecule has 0 unspecified atom stereocenters. The second-order valence-corrected chi connectivity index (χ2v) is 5.59. The zero-order valence-electron chi connectivity index (χ0n) is 11.5. The minimum atomic E-state index is 0.197. The van der Waals surface area contributed by atoms with Gasteiger partial charge in [-0.25, -0.2) is 0 Å². The first kappa shape index (κ1) is 12.7. The van der Waals surface area contributed by atoms with Gasteiger partial charge in [-0.15, -0.1) is 0 Å². The van der Waals surface area contributed by atoms with Gasteiger partial charge in [0.1, 0.15) is 6.61 Å². The van der Waals surface area contributed by atoms with Gasteiger partial charge in [-0.3, -0.25) is 4.68 Å². The Kier molecular flexibility index (Phi) is 3.41. The first-order valence-corrected chi connectivity index (χ1v) is 6.16. The van der Waals surface area contributed by atoms with Gasteiger partial charge in [0.25, 0.3) is 0 Å². The molecule has 2 aromatic rings. The Hall–Kier alpha value is -1.77. The van der Waals surface area contributed by atoms with E-state index in [1.807, 2.05) is 13.2 Å². The zero-order valence-corrected chi connectivity index (χ0v) is 11.5. The van der Waals surface area contributed by atoms with E-state index in [1.165, 1.54) is 11.1 Å². The highest BCUT2D eigenvalue weighted by Gasteiger charge is 2.12. The standard InChI is InChI=1S/C15H20N2O/c1-15(2,3)13-7-5-12(6-8-13)11-18-14-9-16-17(4)10-14/h5-10H,11H2,1-4H3. The fourth-order valence-electron chi connectivity index (χ4n) is 1.74. The van der Waals surface area contributed by atoms with Crippen molar-refractivity contribution in [3.05, 3.63) is 47.8 Å². The molecule has 0 saturated carbocycles. The van der Waals surface area contributed by atoms with Crippen LogP contribution in [0.1, 0.15) is 31.9 Å². The van der Waals surface area contributed by atoms with Crippen LogP contribution in [-0.2, 0) is 19.1 Å². The monoisotopic (exact) mass is 244 g/mol. The molecule has 3 heteroatoms. The molecule has 0 fully saturated rings.